The number of benzene rings is 2. The van der Waals surface area contributed by atoms with Crippen LogP contribution < -0.4 is 5.32 Å². The van der Waals surface area contributed by atoms with Gasteiger partial charge in [-0.2, -0.15) is 0 Å². The molecular formula is C22H22ClN3O. The first-order valence-electron chi connectivity index (χ1n) is 9.24. The van der Waals surface area contributed by atoms with Crippen molar-refractivity contribution in [2.45, 2.75) is 18.8 Å². The Morgan fingerprint density at radius 3 is 2.56 bits per heavy atom. The van der Waals surface area contributed by atoms with Crippen LogP contribution >= 0.6 is 11.6 Å². The van der Waals surface area contributed by atoms with Gasteiger partial charge in [0.1, 0.15) is 0 Å². The molecule has 5 heteroatoms. The molecule has 1 N–H and O–H groups in total. The number of halogens is 1. The summed E-state index contributed by atoms with van der Waals surface area (Å²) in [6, 6.07) is 13.5. The summed E-state index contributed by atoms with van der Waals surface area (Å²) >= 11 is 6.24. The number of fused-ring (bicyclic) bond motifs is 1. The maximum atomic E-state index is 12.7. The number of rotatable bonds is 3. The molecule has 1 amide bonds. The van der Waals surface area contributed by atoms with E-state index in [1.54, 1.807) is 18.5 Å². The molecular weight excluding hydrogens is 358 g/mol. The van der Waals surface area contributed by atoms with Gasteiger partial charge in [0.15, 0.2) is 0 Å². The predicted octanol–water partition coefficient (Wildman–Crippen LogP) is 4.95. The van der Waals surface area contributed by atoms with Crippen LogP contribution in [0.5, 0.6) is 0 Å². The van der Waals surface area contributed by atoms with E-state index in [-0.39, 0.29) is 5.91 Å². The summed E-state index contributed by atoms with van der Waals surface area (Å²) in [6.45, 7) is 2.26. The molecule has 0 atom stereocenters. The zero-order valence-electron chi connectivity index (χ0n) is 15.3. The van der Waals surface area contributed by atoms with E-state index in [2.05, 4.69) is 34.4 Å². The third kappa shape index (κ3) is 3.82. The van der Waals surface area contributed by atoms with Gasteiger partial charge in [0, 0.05) is 33.8 Å². The number of aromatic nitrogens is 1. The Morgan fingerprint density at radius 1 is 1.07 bits per heavy atom. The van der Waals surface area contributed by atoms with Crippen molar-refractivity contribution in [3.05, 3.63) is 71.0 Å². The van der Waals surface area contributed by atoms with Crippen LogP contribution in [0.2, 0.25) is 5.02 Å². The normalized spacial score (nSPS) is 15.8. The second-order valence-corrected chi connectivity index (χ2v) is 7.58. The van der Waals surface area contributed by atoms with Gasteiger partial charge >= 0.3 is 0 Å². The van der Waals surface area contributed by atoms with E-state index in [0.29, 0.717) is 22.2 Å². The second-order valence-electron chi connectivity index (χ2n) is 7.17. The van der Waals surface area contributed by atoms with Crippen molar-refractivity contribution in [2.24, 2.45) is 0 Å². The van der Waals surface area contributed by atoms with Crippen molar-refractivity contribution in [3.8, 4) is 0 Å². The fraction of sp³-hybridized carbons (Fsp3) is 0.273. The number of hydrogen-bond donors (Lipinski definition) is 1. The first-order chi connectivity index (χ1) is 13.1. The zero-order valence-corrected chi connectivity index (χ0v) is 16.0. The highest BCUT2D eigenvalue weighted by molar-refractivity contribution is 6.36. The number of pyridine rings is 1. The van der Waals surface area contributed by atoms with Crippen molar-refractivity contribution in [1.82, 2.24) is 9.88 Å². The topological polar surface area (TPSA) is 45.2 Å². The van der Waals surface area contributed by atoms with E-state index in [1.165, 1.54) is 18.4 Å². The maximum Gasteiger partial charge on any atom is 0.255 e. The number of carbonyl (C=O) groups is 1. The lowest BCUT2D eigenvalue weighted by Gasteiger charge is -2.29. The van der Waals surface area contributed by atoms with Gasteiger partial charge in [0.05, 0.1) is 5.69 Å². The van der Waals surface area contributed by atoms with Gasteiger partial charge in [0.2, 0.25) is 0 Å². The van der Waals surface area contributed by atoms with Crippen molar-refractivity contribution in [3.63, 3.8) is 0 Å². The zero-order chi connectivity index (χ0) is 18.8. The van der Waals surface area contributed by atoms with Gasteiger partial charge in [-0.3, -0.25) is 9.78 Å². The van der Waals surface area contributed by atoms with Crippen LogP contribution in [0.15, 0.2) is 54.9 Å². The summed E-state index contributed by atoms with van der Waals surface area (Å²) < 4.78 is 0. The summed E-state index contributed by atoms with van der Waals surface area (Å²) in [5, 5.41) is 5.35. The molecule has 0 bridgehead atoms. The van der Waals surface area contributed by atoms with E-state index in [4.69, 9.17) is 11.6 Å². The van der Waals surface area contributed by atoms with Crippen LogP contribution in [0.3, 0.4) is 0 Å². The summed E-state index contributed by atoms with van der Waals surface area (Å²) in [6.07, 6.45) is 5.76. The van der Waals surface area contributed by atoms with Crippen molar-refractivity contribution >= 4 is 34.0 Å². The van der Waals surface area contributed by atoms with E-state index in [1.807, 2.05) is 24.3 Å². The number of anilines is 1. The number of amides is 1. The smallest absolute Gasteiger partial charge is 0.255 e. The average molecular weight is 380 g/mol. The first kappa shape index (κ1) is 18.0. The Kier molecular flexibility index (Phi) is 5.10. The number of carbonyl (C=O) groups excluding carboxylic acids is 1. The molecule has 0 aliphatic carbocycles. The molecule has 2 heterocycles. The molecule has 4 rings (SSSR count). The highest BCUT2D eigenvalue weighted by atomic mass is 35.5. The highest BCUT2D eigenvalue weighted by Gasteiger charge is 2.18. The van der Waals surface area contributed by atoms with Gasteiger partial charge in [0.25, 0.3) is 5.91 Å². The van der Waals surface area contributed by atoms with Crippen LogP contribution in [0.4, 0.5) is 5.69 Å². The van der Waals surface area contributed by atoms with Gasteiger partial charge in [-0.1, -0.05) is 23.7 Å². The molecule has 1 fully saturated rings. The van der Waals surface area contributed by atoms with Crippen LogP contribution in [-0.2, 0) is 0 Å². The Balaban J connectivity index is 1.51. The van der Waals surface area contributed by atoms with Crippen molar-refractivity contribution in [1.29, 1.82) is 0 Å². The Labute approximate surface area is 164 Å². The van der Waals surface area contributed by atoms with Gasteiger partial charge in [-0.05, 0) is 74.8 Å². The lowest BCUT2D eigenvalue weighted by molar-refractivity contribution is 0.102. The largest absolute Gasteiger partial charge is 0.321 e. The molecule has 0 radical (unpaired) electrons. The Morgan fingerprint density at radius 2 is 1.81 bits per heavy atom. The molecule has 4 nitrogen and oxygen atoms in total. The standard InChI is InChI=1S/C22H22ClN3O/c1-26-12-9-16(10-13-26)15-2-4-17(5-3-15)22(27)25-21-7-6-20(23)18-8-11-24-14-19(18)21/h2-8,11,14,16H,9-10,12-13H2,1H3,(H,25,27). The van der Waals surface area contributed by atoms with Gasteiger partial charge in [-0.15, -0.1) is 0 Å². The monoisotopic (exact) mass is 379 g/mol. The maximum absolute atomic E-state index is 12.7. The van der Waals surface area contributed by atoms with Gasteiger partial charge < -0.3 is 10.2 Å². The minimum Gasteiger partial charge on any atom is -0.321 e. The molecule has 138 valence electrons. The number of nitrogens with zero attached hydrogens (tertiary/aromatic N) is 2. The SMILES string of the molecule is CN1CCC(c2ccc(C(=O)Nc3ccc(Cl)c4ccncc34)cc2)CC1. The lowest BCUT2D eigenvalue weighted by Crippen LogP contribution is -2.29. The fourth-order valence-corrected chi connectivity index (χ4v) is 3.93. The number of hydrogen-bond acceptors (Lipinski definition) is 3. The first-order valence-corrected chi connectivity index (χ1v) is 9.62. The van der Waals surface area contributed by atoms with E-state index >= 15 is 0 Å². The van der Waals surface area contributed by atoms with Gasteiger partial charge in [-0.25, -0.2) is 0 Å². The molecule has 1 aliphatic rings. The number of likely N-dealkylation sites (tertiary alicyclic amines) is 1. The van der Waals surface area contributed by atoms with E-state index in [0.717, 1.165) is 23.9 Å². The van der Waals surface area contributed by atoms with Crippen LogP contribution in [0.1, 0.15) is 34.7 Å². The van der Waals surface area contributed by atoms with Crippen LogP contribution in [0.25, 0.3) is 10.8 Å². The van der Waals surface area contributed by atoms with E-state index in [9.17, 15) is 4.79 Å². The second kappa shape index (κ2) is 7.67. The molecule has 3 aromatic rings. The fourth-order valence-electron chi connectivity index (χ4n) is 3.71. The van der Waals surface area contributed by atoms with Crippen LogP contribution in [0, 0.1) is 0 Å². The molecule has 1 aliphatic heterocycles. The van der Waals surface area contributed by atoms with E-state index < -0.39 is 0 Å². The number of nitrogens with one attached hydrogen (secondary N) is 1. The summed E-state index contributed by atoms with van der Waals surface area (Å²) in [5.41, 5.74) is 2.69. The Hall–Kier alpha value is -2.43. The third-order valence-electron chi connectivity index (χ3n) is 5.38. The summed E-state index contributed by atoms with van der Waals surface area (Å²) in [5.74, 6) is 0.460. The summed E-state index contributed by atoms with van der Waals surface area (Å²) in [7, 11) is 2.17. The van der Waals surface area contributed by atoms with Crippen molar-refractivity contribution < 1.29 is 4.79 Å². The summed E-state index contributed by atoms with van der Waals surface area (Å²) in [4.78, 5) is 19.2. The highest BCUT2D eigenvalue weighted by Crippen LogP contribution is 2.30. The van der Waals surface area contributed by atoms with Crippen molar-refractivity contribution in [2.75, 3.05) is 25.5 Å². The third-order valence-corrected chi connectivity index (χ3v) is 5.71. The molecule has 0 spiro atoms. The Bertz CT molecular complexity index is 963. The molecule has 2 aromatic carbocycles. The minimum atomic E-state index is -0.127. The lowest BCUT2D eigenvalue weighted by atomic mass is 9.89. The average Bonchev–Trinajstić information content (AvgIpc) is 2.71. The molecule has 1 saturated heterocycles. The minimum absolute atomic E-state index is 0.127. The molecule has 27 heavy (non-hydrogen) atoms. The number of piperidine rings is 1. The molecule has 1 aromatic heterocycles. The molecule has 0 unspecified atom stereocenters. The quantitative estimate of drug-likeness (QED) is 0.700. The molecule has 0 saturated carbocycles. The predicted molar refractivity (Wildman–Crippen MR) is 111 cm³/mol. The van der Waals surface area contributed by atoms with Crippen LogP contribution in [-0.4, -0.2) is 35.9 Å².